The Morgan fingerprint density at radius 3 is 2.71 bits per heavy atom. The Hall–Kier alpha value is -0.0800. The molecule has 1 saturated carbocycles. The van der Waals surface area contributed by atoms with Crippen molar-refractivity contribution < 1.29 is 9.84 Å². The smallest absolute Gasteiger partial charge is 0.0632 e. The molecule has 2 heteroatoms. The molecule has 0 aromatic heterocycles. The van der Waals surface area contributed by atoms with Crippen molar-refractivity contribution >= 4 is 0 Å². The second-order valence-corrected chi connectivity index (χ2v) is 5.89. The SMILES string of the molecule is CCCCCCCC[C@@H]1[C@H]2CCO[C@H]2C[C@H]1O. The first-order valence-corrected chi connectivity index (χ1v) is 7.62. The molecule has 0 amide bonds. The summed E-state index contributed by atoms with van der Waals surface area (Å²) in [6, 6.07) is 0. The van der Waals surface area contributed by atoms with E-state index < -0.39 is 0 Å². The quantitative estimate of drug-likeness (QED) is 0.690. The first-order valence-electron chi connectivity index (χ1n) is 7.62. The molecular weight excluding hydrogens is 212 g/mol. The molecule has 1 N–H and O–H groups in total. The fourth-order valence-electron chi connectivity index (χ4n) is 3.66. The number of hydrogen-bond acceptors (Lipinski definition) is 2. The maximum absolute atomic E-state index is 10.1. The highest BCUT2D eigenvalue weighted by molar-refractivity contribution is 4.94. The molecule has 0 aromatic rings. The summed E-state index contributed by atoms with van der Waals surface area (Å²) in [5.41, 5.74) is 0. The van der Waals surface area contributed by atoms with Crippen molar-refractivity contribution in [1.29, 1.82) is 0 Å². The summed E-state index contributed by atoms with van der Waals surface area (Å²) >= 11 is 0. The van der Waals surface area contributed by atoms with E-state index in [-0.39, 0.29) is 6.10 Å². The molecule has 4 atom stereocenters. The van der Waals surface area contributed by atoms with Crippen molar-refractivity contribution in [2.45, 2.75) is 76.9 Å². The average molecular weight is 240 g/mol. The Balaban J connectivity index is 1.61. The Bertz CT molecular complexity index is 217. The monoisotopic (exact) mass is 240 g/mol. The van der Waals surface area contributed by atoms with Gasteiger partial charge in [-0.3, -0.25) is 0 Å². The summed E-state index contributed by atoms with van der Waals surface area (Å²) in [6.45, 7) is 3.18. The van der Waals surface area contributed by atoms with Crippen LogP contribution in [0.5, 0.6) is 0 Å². The zero-order chi connectivity index (χ0) is 12.1. The van der Waals surface area contributed by atoms with E-state index in [0.717, 1.165) is 13.0 Å². The lowest BCUT2D eigenvalue weighted by Gasteiger charge is -2.19. The van der Waals surface area contributed by atoms with Crippen LogP contribution < -0.4 is 0 Å². The van der Waals surface area contributed by atoms with Gasteiger partial charge in [0.15, 0.2) is 0 Å². The van der Waals surface area contributed by atoms with E-state index in [0.29, 0.717) is 17.9 Å². The molecule has 1 saturated heterocycles. The second-order valence-electron chi connectivity index (χ2n) is 5.89. The zero-order valence-corrected chi connectivity index (χ0v) is 11.2. The van der Waals surface area contributed by atoms with Gasteiger partial charge in [-0.15, -0.1) is 0 Å². The van der Waals surface area contributed by atoms with E-state index >= 15 is 0 Å². The topological polar surface area (TPSA) is 29.5 Å². The minimum Gasteiger partial charge on any atom is -0.393 e. The summed E-state index contributed by atoms with van der Waals surface area (Å²) < 4.78 is 5.68. The lowest BCUT2D eigenvalue weighted by molar-refractivity contribution is 0.0773. The predicted octanol–water partition coefficient (Wildman–Crippen LogP) is 3.52. The van der Waals surface area contributed by atoms with Crippen LogP contribution in [0.3, 0.4) is 0 Å². The highest BCUT2D eigenvalue weighted by Gasteiger charge is 2.45. The predicted molar refractivity (Wildman–Crippen MR) is 70.0 cm³/mol. The first kappa shape index (κ1) is 13.4. The van der Waals surface area contributed by atoms with Crippen LogP contribution in [-0.4, -0.2) is 23.9 Å². The third-order valence-electron chi connectivity index (χ3n) is 4.67. The van der Waals surface area contributed by atoms with Crippen LogP contribution in [0.15, 0.2) is 0 Å². The van der Waals surface area contributed by atoms with E-state index in [9.17, 15) is 5.11 Å². The van der Waals surface area contributed by atoms with Crippen molar-refractivity contribution in [2.24, 2.45) is 11.8 Å². The molecule has 0 aromatic carbocycles. The van der Waals surface area contributed by atoms with Crippen molar-refractivity contribution in [3.8, 4) is 0 Å². The molecule has 0 spiro atoms. The van der Waals surface area contributed by atoms with Gasteiger partial charge < -0.3 is 9.84 Å². The molecule has 100 valence electrons. The highest BCUT2D eigenvalue weighted by atomic mass is 16.5. The molecule has 2 rings (SSSR count). The highest BCUT2D eigenvalue weighted by Crippen LogP contribution is 2.43. The van der Waals surface area contributed by atoms with Gasteiger partial charge in [0.1, 0.15) is 0 Å². The van der Waals surface area contributed by atoms with Gasteiger partial charge in [0.05, 0.1) is 12.2 Å². The fourth-order valence-corrected chi connectivity index (χ4v) is 3.66. The van der Waals surface area contributed by atoms with Crippen LogP contribution >= 0.6 is 0 Å². The van der Waals surface area contributed by atoms with E-state index in [2.05, 4.69) is 6.92 Å². The minimum absolute atomic E-state index is 0.0825. The Morgan fingerprint density at radius 2 is 1.88 bits per heavy atom. The van der Waals surface area contributed by atoms with Crippen molar-refractivity contribution in [1.82, 2.24) is 0 Å². The largest absolute Gasteiger partial charge is 0.393 e. The minimum atomic E-state index is -0.0825. The first-order chi connectivity index (χ1) is 8.33. The van der Waals surface area contributed by atoms with Gasteiger partial charge in [-0.1, -0.05) is 45.4 Å². The molecule has 0 radical (unpaired) electrons. The third kappa shape index (κ3) is 3.45. The summed E-state index contributed by atoms with van der Waals surface area (Å²) in [5, 5.41) is 10.1. The number of ether oxygens (including phenoxy) is 1. The normalized spacial score (nSPS) is 36.4. The summed E-state index contributed by atoms with van der Waals surface area (Å²) in [6.07, 6.45) is 11.7. The molecule has 2 fully saturated rings. The zero-order valence-electron chi connectivity index (χ0n) is 11.2. The van der Waals surface area contributed by atoms with E-state index in [1.807, 2.05) is 0 Å². The summed E-state index contributed by atoms with van der Waals surface area (Å²) in [5.74, 6) is 1.20. The van der Waals surface area contributed by atoms with Gasteiger partial charge in [0, 0.05) is 13.0 Å². The number of aliphatic hydroxyl groups excluding tert-OH is 1. The summed E-state index contributed by atoms with van der Waals surface area (Å²) in [7, 11) is 0. The van der Waals surface area contributed by atoms with Gasteiger partial charge in [0.2, 0.25) is 0 Å². The van der Waals surface area contributed by atoms with Crippen LogP contribution in [0, 0.1) is 11.8 Å². The van der Waals surface area contributed by atoms with Crippen molar-refractivity contribution in [3.63, 3.8) is 0 Å². The number of rotatable bonds is 7. The molecule has 17 heavy (non-hydrogen) atoms. The number of unbranched alkanes of at least 4 members (excludes halogenated alkanes) is 5. The lowest BCUT2D eigenvalue weighted by atomic mass is 9.87. The maximum atomic E-state index is 10.1. The van der Waals surface area contributed by atoms with Crippen LogP contribution in [-0.2, 0) is 4.74 Å². The van der Waals surface area contributed by atoms with Gasteiger partial charge in [-0.2, -0.15) is 0 Å². The number of hydrogen-bond donors (Lipinski definition) is 1. The molecular formula is C15H28O2. The molecule has 1 aliphatic heterocycles. The number of fused-ring (bicyclic) bond motifs is 1. The average Bonchev–Trinajstić information content (AvgIpc) is 2.85. The fraction of sp³-hybridized carbons (Fsp3) is 1.00. The second kappa shape index (κ2) is 6.75. The summed E-state index contributed by atoms with van der Waals surface area (Å²) in [4.78, 5) is 0. The van der Waals surface area contributed by atoms with Gasteiger partial charge >= 0.3 is 0 Å². The van der Waals surface area contributed by atoms with Crippen LogP contribution in [0.1, 0.15) is 64.7 Å². The number of aliphatic hydroxyl groups is 1. The van der Waals surface area contributed by atoms with Gasteiger partial charge in [0.25, 0.3) is 0 Å². The molecule has 2 nitrogen and oxygen atoms in total. The third-order valence-corrected chi connectivity index (χ3v) is 4.67. The Morgan fingerprint density at radius 1 is 1.12 bits per heavy atom. The standard InChI is InChI=1S/C15H28O2/c1-2-3-4-5-6-7-8-12-13-9-10-17-15(13)11-14(12)16/h12-16H,2-11H2,1H3/t12-,13-,14-,15+/m1/s1. The van der Waals surface area contributed by atoms with E-state index in [4.69, 9.17) is 4.74 Å². The Labute approximate surface area is 106 Å². The van der Waals surface area contributed by atoms with Crippen molar-refractivity contribution in [3.05, 3.63) is 0 Å². The Kier molecular flexibility index (Phi) is 5.30. The van der Waals surface area contributed by atoms with E-state index in [1.54, 1.807) is 0 Å². The van der Waals surface area contributed by atoms with Gasteiger partial charge in [-0.05, 0) is 24.7 Å². The van der Waals surface area contributed by atoms with Gasteiger partial charge in [-0.25, -0.2) is 0 Å². The van der Waals surface area contributed by atoms with Crippen LogP contribution in [0.25, 0.3) is 0 Å². The lowest BCUT2D eigenvalue weighted by Crippen LogP contribution is -2.19. The molecule has 1 aliphatic carbocycles. The molecule has 2 aliphatic rings. The maximum Gasteiger partial charge on any atom is 0.0632 e. The van der Waals surface area contributed by atoms with Crippen LogP contribution in [0.2, 0.25) is 0 Å². The molecule has 0 bridgehead atoms. The van der Waals surface area contributed by atoms with E-state index in [1.165, 1.54) is 51.4 Å². The van der Waals surface area contributed by atoms with Crippen molar-refractivity contribution in [2.75, 3.05) is 6.61 Å². The molecule has 0 unspecified atom stereocenters. The van der Waals surface area contributed by atoms with Crippen LogP contribution in [0.4, 0.5) is 0 Å². The molecule has 1 heterocycles.